The van der Waals surface area contributed by atoms with E-state index < -0.39 is 6.10 Å². The van der Waals surface area contributed by atoms with Gasteiger partial charge in [0.05, 0.1) is 35.5 Å². The topological polar surface area (TPSA) is 92.3 Å². The minimum atomic E-state index is -0.555. The lowest BCUT2D eigenvalue weighted by atomic mass is 10.1. The van der Waals surface area contributed by atoms with Gasteiger partial charge in [0.2, 0.25) is 5.95 Å². The molecular formula is C13H15ClN4O3. The maximum Gasteiger partial charge on any atom is 0.203 e. The largest absolute Gasteiger partial charge is 0.388 e. The second-order valence-corrected chi connectivity index (χ2v) is 5.83. The third kappa shape index (κ3) is 2.17. The van der Waals surface area contributed by atoms with Crippen LogP contribution >= 0.6 is 11.6 Å². The van der Waals surface area contributed by atoms with Crippen molar-refractivity contribution in [2.75, 3.05) is 18.5 Å². The molecule has 4 rings (SSSR count). The molecule has 3 N–H and O–H groups in total. The Kier molecular flexibility index (Phi) is 3.04. The van der Waals surface area contributed by atoms with E-state index in [0.717, 1.165) is 11.2 Å². The Hall–Kier alpha value is -1.41. The molecule has 0 radical (unpaired) electrons. The summed E-state index contributed by atoms with van der Waals surface area (Å²) in [7, 11) is 0. The first-order valence-corrected chi connectivity index (χ1v) is 7.20. The summed E-state index contributed by atoms with van der Waals surface area (Å²) in [5, 5.41) is 13.6. The molecule has 112 valence electrons. The standard InChI is InChI=1S/C13H15ClN4O3/c1-5-6(14)2-7-12(15-5)18-13(16-7)17-8-3-20-11-9(19)4-21-10(8)11/h2,8-11,19H,3-4H2,1H3,(H2,15,16,17,18)/t8-,9-,10-,11-/m1/s1. The molecule has 8 heteroatoms. The van der Waals surface area contributed by atoms with E-state index in [2.05, 4.69) is 20.3 Å². The van der Waals surface area contributed by atoms with Gasteiger partial charge in [-0.1, -0.05) is 11.6 Å². The number of rotatable bonds is 2. The number of aromatic nitrogens is 3. The number of nitrogens with zero attached hydrogens (tertiary/aromatic N) is 2. The average Bonchev–Trinajstić information content (AvgIpc) is 3.10. The van der Waals surface area contributed by atoms with Gasteiger partial charge in [-0.25, -0.2) is 4.98 Å². The number of ether oxygens (including phenoxy) is 2. The van der Waals surface area contributed by atoms with Crippen LogP contribution in [-0.4, -0.2) is 57.6 Å². The molecule has 0 bridgehead atoms. The van der Waals surface area contributed by atoms with Gasteiger partial charge in [-0.3, -0.25) is 0 Å². The maximum atomic E-state index is 9.73. The highest BCUT2D eigenvalue weighted by atomic mass is 35.5. The van der Waals surface area contributed by atoms with Crippen molar-refractivity contribution in [1.82, 2.24) is 15.0 Å². The number of fused-ring (bicyclic) bond motifs is 2. The fourth-order valence-electron chi connectivity index (χ4n) is 2.85. The minimum Gasteiger partial charge on any atom is -0.388 e. The summed E-state index contributed by atoms with van der Waals surface area (Å²) in [5.74, 6) is 0.596. The minimum absolute atomic E-state index is 0.0516. The van der Waals surface area contributed by atoms with Gasteiger partial charge in [0, 0.05) is 0 Å². The smallest absolute Gasteiger partial charge is 0.203 e. The monoisotopic (exact) mass is 310 g/mol. The number of aryl methyl sites for hydroxylation is 1. The Morgan fingerprint density at radius 1 is 1.33 bits per heavy atom. The summed E-state index contributed by atoms with van der Waals surface area (Å²) >= 11 is 6.06. The van der Waals surface area contributed by atoms with Crippen LogP contribution in [0.5, 0.6) is 0 Å². The van der Waals surface area contributed by atoms with Gasteiger partial charge < -0.3 is 24.9 Å². The first-order chi connectivity index (χ1) is 10.1. The summed E-state index contributed by atoms with van der Waals surface area (Å²) < 4.78 is 11.1. The van der Waals surface area contributed by atoms with Crippen LogP contribution in [0.3, 0.4) is 0 Å². The molecule has 2 aromatic rings. The van der Waals surface area contributed by atoms with Crippen molar-refractivity contribution in [3.8, 4) is 0 Å². The van der Waals surface area contributed by atoms with Crippen molar-refractivity contribution >= 4 is 28.7 Å². The van der Waals surface area contributed by atoms with Crippen LogP contribution in [0.25, 0.3) is 11.2 Å². The lowest BCUT2D eigenvalue weighted by Gasteiger charge is -2.16. The predicted octanol–water partition coefficient (Wildman–Crippen LogP) is 0.859. The Balaban J connectivity index is 1.57. The maximum absolute atomic E-state index is 9.73. The molecule has 2 aromatic heterocycles. The van der Waals surface area contributed by atoms with Gasteiger partial charge in [-0.15, -0.1) is 0 Å². The zero-order valence-corrected chi connectivity index (χ0v) is 12.1. The van der Waals surface area contributed by atoms with Crippen LogP contribution in [0.15, 0.2) is 6.07 Å². The Bertz CT molecular complexity index is 652. The van der Waals surface area contributed by atoms with Gasteiger partial charge in [-0.05, 0) is 13.0 Å². The average molecular weight is 311 g/mol. The predicted molar refractivity (Wildman–Crippen MR) is 76.5 cm³/mol. The van der Waals surface area contributed by atoms with E-state index in [0.29, 0.717) is 29.8 Å². The molecule has 4 heterocycles. The van der Waals surface area contributed by atoms with Gasteiger partial charge in [0.1, 0.15) is 18.3 Å². The molecule has 2 saturated heterocycles. The summed E-state index contributed by atoms with van der Waals surface area (Å²) in [4.78, 5) is 11.9. The zero-order valence-electron chi connectivity index (χ0n) is 11.3. The third-order valence-electron chi connectivity index (χ3n) is 3.95. The Morgan fingerprint density at radius 3 is 3.00 bits per heavy atom. The van der Waals surface area contributed by atoms with Gasteiger partial charge in [-0.2, -0.15) is 4.98 Å². The molecule has 21 heavy (non-hydrogen) atoms. The quantitative estimate of drug-likeness (QED) is 0.762. The lowest BCUT2D eigenvalue weighted by molar-refractivity contribution is 0.0184. The van der Waals surface area contributed by atoms with E-state index in [1.165, 1.54) is 0 Å². The highest BCUT2D eigenvalue weighted by molar-refractivity contribution is 6.31. The number of halogens is 1. The van der Waals surface area contributed by atoms with Crippen LogP contribution in [0.2, 0.25) is 5.02 Å². The van der Waals surface area contributed by atoms with Crippen LogP contribution in [-0.2, 0) is 9.47 Å². The van der Waals surface area contributed by atoms with E-state index in [4.69, 9.17) is 21.1 Å². The van der Waals surface area contributed by atoms with Crippen molar-refractivity contribution in [2.45, 2.75) is 31.3 Å². The summed E-state index contributed by atoms with van der Waals surface area (Å²) in [6.45, 7) is 2.62. The molecule has 2 aliphatic rings. The third-order valence-corrected chi connectivity index (χ3v) is 4.33. The number of pyridine rings is 1. The molecule has 2 fully saturated rings. The molecule has 4 atom stereocenters. The van der Waals surface area contributed by atoms with Crippen LogP contribution < -0.4 is 5.32 Å². The molecule has 0 saturated carbocycles. The van der Waals surface area contributed by atoms with Crippen LogP contribution in [0.1, 0.15) is 5.69 Å². The Morgan fingerprint density at radius 2 is 2.14 bits per heavy atom. The van der Waals surface area contributed by atoms with Crippen molar-refractivity contribution in [1.29, 1.82) is 0 Å². The van der Waals surface area contributed by atoms with Crippen molar-refractivity contribution in [3.63, 3.8) is 0 Å². The zero-order chi connectivity index (χ0) is 14.6. The summed E-state index contributed by atoms with van der Waals surface area (Å²) in [6, 6.07) is 1.76. The van der Waals surface area contributed by atoms with E-state index in [9.17, 15) is 5.11 Å². The van der Waals surface area contributed by atoms with Crippen LogP contribution in [0, 0.1) is 6.92 Å². The van der Waals surface area contributed by atoms with E-state index in [1.54, 1.807) is 6.07 Å². The molecular weight excluding hydrogens is 296 g/mol. The number of nitrogens with one attached hydrogen (secondary N) is 2. The van der Waals surface area contributed by atoms with Crippen molar-refractivity contribution in [3.05, 3.63) is 16.8 Å². The molecule has 0 spiro atoms. The number of anilines is 1. The highest BCUT2D eigenvalue weighted by Gasteiger charge is 2.47. The van der Waals surface area contributed by atoms with Crippen molar-refractivity contribution < 1.29 is 14.6 Å². The molecule has 7 nitrogen and oxygen atoms in total. The van der Waals surface area contributed by atoms with Gasteiger partial charge >= 0.3 is 0 Å². The van der Waals surface area contributed by atoms with Crippen LogP contribution in [0.4, 0.5) is 5.95 Å². The van der Waals surface area contributed by atoms with Gasteiger partial charge in [0.25, 0.3) is 0 Å². The number of aromatic amines is 1. The highest BCUT2D eigenvalue weighted by Crippen LogP contribution is 2.29. The second kappa shape index (κ2) is 4.81. The molecule has 2 aliphatic heterocycles. The number of H-pyrrole nitrogens is 1. The van der Waals surface area contributed by atoms with E-state index in [1.807, 2.05) is 6.92 Å². The number of imidazole rings is 1. The fourth-order valence-corrected chi connectivity index (χ4v) is 3.00. The van der Waals surface area contributed by atoms with Crippen molar-refractivity contribution in [2.24, 2.45) is 0 Å². The lowest BCUT2D eigenvalue weighted by Crippen LogP contribution is -2.36. The molecule has 0 aromatic carbocycles. The van der Waals surface area contributed by atoms with Gasteiger partial charge in [0.15, 0.2) is 5.65 Å². The number of hydrogen-bond acceptors (Lipinski definition) is 6. The SMILES string of the molecule is Cc1nc2nc(N[C@@H]3CO[C@H]4[C@@H]3OC[C@H]4O)[nH]c2cc1Cl. The number of aliphatic hydroxyl groups is 1. The number of hydrogen-bond donors (Lipinski definition) is 3. The van der Waals surface area contributed by atoms with E-state index in [-0.39, 0.29) is 18.2 Å². The Labute approximate surface area is 125 Å². The first-order valence-electron chi connectivity index (χ1n) is 6.82. The summed E-state index contributed by atoms with van der Waals surface area (Å²) in [6.07, 6.45) is -0.978. The summed E-state index contributed by atoms with van der Waals surface area (Å²) in [5.41, 5.74) is 2.13. The molecule has 0 aliphatic carbocycles. The normalized spacial score (nSPS) is 31.8. The first kappa shape index (κ1) is 13.3. The fraction of sp³-hybridized carbons (Fsp3) is 0.538. The van der Waals surface area contributed by atoms with E-state index >= 15 is 0 Å². The molecule has 0 amide bonds. The second-order valence-electron chi connectivity index (χ2n) is 5.43. The number of aliphatic hydroxyl groups excluding tert-OH is 1. The molecule has 0 unspecified atom stereocenters.